The van der Waals surface area contributed by atoms with Gasteiger partial charge in [0.05, 0.1) is 23.1 Å². The van der Waals surface area contributed by atoms with E-state index in [-0.39, 0.29) is 11.8 Å². The van der Waals surface area contributed by atoms with Gasteiger partial charge in [-0.3, -0.25) is 9.59 Å². The van der Waals surface area contributed by atoms with Crippen molar-refractivity contribution < 1.29 is 9.59 Å². The largest absolute Gasteiger partial charge is 0.272 e. The molecule has 0 N–H and O–H groups in total. The molecule has 0 unspecified atom stereocenters. The van der Waals surface area contributed by atoms with E-state index in [2.05, 4.69) is 18.1 Å². The van der Waals surface area contributed by atoms with Gasteiger partial charge < -0.3 is 0 Å². The van der Waals surface area contributed by atoms with E-state index in [4.69, 9.17) is 0 Å². The first-order chi connectivity index (χ1) is 8.75. The summed E-state index contributed by atoms with van der Waals surface area (Å²) in [5.74, 6) is 2.40. The smallest absolute Gasteiger partial charge is 0.268 e. The second kappa shape index (κ2) is 5.74. The number of nitrogens with zero attached hydrogens (tertiary/aromatic N) is 1. The Balaban J connectivity index is 2.06. The van der Waals surface area contributed by atoms with Crippen LogP contribution >= 0.6 is 11.9 Å². The Hall–Kier alpha value is -1.73. The fraction of sp³-hybridized carbons (Fsp3) is 0.286. The second-order valence-electron chi connectivity index (χ2n) is 3.92. The summed E-state index contributed by atoms with van der Waals surface area (Å²) in [5, 5.41) is 2.81. The van der Waals surface area contributed by atoms with Crippen molar-refractivity contribution in [2.45, 2.75) is 26.2 Å². The maximum atomic E-state index is 11.9. The minimum Gasteiger partial charge on any atom is -0.268 e. The summed E-state index contributed by atoms with van der Waals surface area (Å²) < 4.78 is 1.13. The van der Waals surface area contributed by atoms with Gasteiger partial charge in [-0.2, -0.15) is 0 Å². The highest BCUT2D eigenvalue weighted by atomic mass is 32.2. The van der Waals surface area contributed by atoms with Crippen LogP contribution in [-0.4, -0.2) is 16.1 Å². The number of hydrogen-bond donors (Lipinski definition) is 0. The molecule has 92 valence electrons. The Bertz CT molecular complexity index is 507. The lowest BCUT2D eigenvalue weighted by Gasteiger charge is -2.06. The number of amides is 2. The van der Waals surface area contributed by atoms with Crippen LogP contribution in [0.25, 0.3) is 0 Å². The normalized spacial score (nSPS) is 13.3. The lowest BCUT2D eigenvalue weighted by atomic mass is 10.1. The number of carbonyl (C=O) groups excluding carboxylic acids is 2. The molecule has 0 fully saturated rings. The van der Waals surface area contributed by atoms with Crippen LogP contribution in [0.1, 0.15) is 46.9 Å². The topological polar surface area (TPSA) is 37.4 Å². The molecule has 2 amide bonds. The number of benzene rings is 1. The van der Waals surface area contributed by atoms with Gasteiger partial charge in [0, 0.05) is 6.42 Å². The van der Waals surface area contributed by atoms with E-state index in [0.29, 0.717) is 11.1 Å². The van der Waals surface area contributed by atoms with Crippen LogP contribution in [0, 0.1) is 11.2 Å². The summed E-state index contributed by atoms with van der Waals surface area (Å²) >= 11 is 0.980. The Morgan fingerprint density at radius 1 is 1.17 bits per heavy atom. The van der Waals surface area contributed by atoms with Crippen LogP contribution in [-0.2, 0) is 0 Å². The van der Waals surface area contributed by atoms with Gasteiger partial charge in [-0.25, -0.2) is 4.31 Å². The molecule has 18 heavy (non-hydrogen) atoms. The number of unbranched alkanes of at least 4 members (excludes halogenated alkanes) is 2. The number of imide groups is 1. The number of fused-ring (bicyclic) bond motifs is 1. The molecule has 1 aliphatic heterocycles. The van der Waals surface area contributed by atoms with Gasteiger partial charge in [0.25, 0.3) is 11.8 Å². The molecule has 0 atom stereocenters. The Morgan fingerprint density at radius 2 is 1.78 bits per heavy atom. The van der Waals surface area contributed by atoms with Crippen LogP contribution < -0.4 is 0 Å². The summed E-state index contributed by atoms with van der Waals surface area (Å²) in [5.41, 5.74) is 0.927. The van der Waals surface area contributed by atoms with Gasteiger partial charge in [0.1, 0.15) is 0 Å². The zero-order valence-electron chi connectivity index (χ0n) is 10.1. The van der Waals surface area contributed by atoms with Crippen molar-refractivity contribution in [3.8, 4) is 11.2 Å². The van der Waals surface area contributed by atoms with Crippen LogP contribution in [0.4, 0.5) is 0 Å². The SMILES string of the molecule is CCCCC#CSN1C(=O)c2ccccc2C1=O. The molecule has 0 aromatic heterocycles. The molecule has 0 saturated heterocycles. The van der Waals surface area contributed by atoms with Crippen molar-refractivity contribution >= 4 is 23.8 Å². The van der Waals surface area contributed by atoms with Gasteiger partial charge in [0.15, 0.2) is 0 Å². The Labute approximate surface area is 111 Å². The summed E-state index contributed by atoms with van der Waals surface area (Å²) in [6.07, 6.45) is 2.93. The number of hydrogen-bond acceptors (Lipinski definition) is 3. The molecule has 0 bridgehead atoms. The molecule has 1 heterocycles. The minimum absolute atomic E-state index is 0.273. The maximum Gasteiger partial charge on any atom is 0.272 e. The molecular formula is C14H13NO2S. The van der Waals surface area contributed by atoms with Gasteiger partial charge in [-0.15, -0.1) is 0 Å². The third kappa shape index (κ3) is 2.41. The van der Waals surface area contributed by atoms with Crippen molar-refractivity contribution in [1.29, 1.82) is 0 Å². The predicted molar refractivity (Wildman–Crippen MR) is 71.8 cm³/mol. The van der Waals surface area contributed by atoms with E-state index in [1.165, 1.54) is 0 Å². The lowest BCUT2D eigenvalue weighted by Crippen LogP contribution is -2.21. The maximum absolute atomic E-state index is 11.9. The third-order valence-electron chi connectivity index (χ3n) is 2.62. The van der Waals surface area contributed by atoms with Crippen LogP contribution in [0.15, 0.2) is 24.3 Å². The van der Waals surface area contributed by atoms with Crippen molar-refractivity contribution in [2.24, 2.45) is 0 Å². The molecule has 0 saturated carbocycles. The van der Waals surface area contributed by atoms with E-state index in [1.54, 1.807) is 24.3 Å². The summed E-state index contributed by atoms with van der Waals surface area (Å²) in [7, 11) is 0. The van der Waals surface area contributed by atoms with Crippen molar-refractivity contribution in [1.82, 2.24) is 4.31 Å². The first-order valence-corrected chi connectivity index (χ1v) is 6.65. The molecule has 0 spiro atoms. The minimum atomic E-state index is -0.273. The average Bonchev–Trinajstić information content (AvgIpc) is 2.64. The molecule has 1 aromatic rings. The number of carbonyl (C=O) groups is 2. The fourth-order valence-corrected chi connectivity index (χ4v) is 2.26. The molecule has 2 rings (SSSR count). The van der Waals surface area contributed by atoms with Gasteiger partial charge >= 0.3 is 0 Å². The first kappa shape index (κ1) is 12.7. The highest BCUT2D eigenvalue weighted by Crippen LogP contribution is 2.27. The summed E-state index contributed by atoms with van der Waals surface area (Å²) in [6, 6.07) is 6.84. The van der Waals surface area contributed by atoms with Crippen molar-refractivity contribution in [3.05, 3.63) is 35.4 Å². The zero-order chi connectivity index (χ0) is 13.0. The van der Waals surface area contributed by atoms with Gasteiger partial charge in [-0.1, -0.05) is 31.4 Å². The van der Waals surface area contributed by atoms with E-state index in [9.17, 15) is 9.59 Å². The van der Waals surface area contributed by atoms with Crippen LogP contribution in [0.2, 0.25) is 0 Å². The first-order valence-electron chi connectivity index (χ1n) is 5.88. The van der Waals surface area contributed by atoms with E-state index >= 15 is 0 Å². The molecule has 4 heteroatoms. The molecule has 3 nitrogen and oxygen atoms in total. The molecule has 1 aliphatic rings. The lowest BCUT2D eigenvalue weighted by molar-refractivity contribution is 0.0778. The van der Waals surface area contributed by atoms with E-state index < -0.39 is 0 Å². The quantitative estimate of drug-likeness (QED) is 0.362. The molecule has 0 aliphatic carbocycles. The number of rotatable bonds is 3. The highest BCUT2D eigenvalue weighted by Gasteiger charge is 2.35. The van der Waals surface area contributed by atoms with Crippen LogP contribution in [0.5, 0.6) is 0 Å². The average molecular weight is 259 g/mol. The Kier molecular flexibility index (Phi) is 4.06. The van der Waals surface area contributed by atoms with Crippen molar-refractivity contribution in [2.75, 3.05) is 0 Å². The van der Waals surface area contributed by atoms with E-state index in [0.717, 1.165) is 35.5 Å². The summed E-state index contributed by atoms with van der Waals surface area (Å²) in [4.78, 5) is 23.9. The zero-order valence-corrected chi connectivity index (χ0v) is 10.9. The third-order valence-corrected chi connectivity index (χ3v) is 3.37. The van der Waals surface area contributed by atoms with Crippen LogP contribution in [0.3, 0.4) is 0 Å². The summed E-state index contributed by atoms with van der Waals surface area (Å²) in [6.45, 7) is 2.10. The fourth-order valence-electron chi connectivity index (χ4n) is 1.64. The van der Waals surface area contributed by atoms with Crippen molar-refractivity contribution in [3.63, 3.8) is 0 Å². The molecule has 0 radical (unpaired) electrons. The monoisotopic (exact) mass is 259 g/mol. The highest BCUT2D eigenvalue weighted by molar-refractivity contribution is 8.02. The molecular weight excluding hydrogens is 246 g/mol. The predicted octanol–water partition coefficient (Wildman–Crippen LogP) is 3.08. The second-order valence-corrected chi connectivity index (χ2v) is 4.68. The Morgan fingerprint density at radius 3 is 2.33 bits per heavy atom. The van der Waals surface area contributed by atoms with Gasteiger partial charge in [0.2, 0.25) is 0 Å². The van der Waals surface area contributed by atoms with Gasteiger partial charge in [-0.05, 0) is 23.8 Å². The van der Waals surface area contributed by atoms with E-state index in [1.807, 2.05) is 0 Å². The molecule has 1 aromatic carbocycles. The standard InChI is InChI=1S/C14H13NO2S/c1-2-3-4-7-10-18-15-13(16)11-8-5-6-9-12(11)14(15)17/h5-6,8-9H,2-4H2,1H3.